The Bertz CT molecular complexity index is 796. The van der Waals surface area contributed by atoms with Gasteiger partial charge in [0.05, 0.1) is 5.25 Å². The summed E-state index contributed by atoms with van der Waals surface area (Å²) in [4.78, 5) is 25.1. The highest BCUT2D eigenvalue weighted by Crippen LogP contribution is 2.29. The number of nitrogens with zero attached hydrogens (tertiary/aromatic N) is 1. The average Bonchev–Trinajstić information content (AvgIpc) is 2.73. The van der Waals surface area contributed by atoms with Crippen LogP contribution in [0.1, 0.15) is 68.1 Å². The van der Waals surface area contributed by atoms with E-state index in [4.69, 9.17) is 0 Å². The van der Waals surface area contributed by atoms with Crippen molar-refractivity contribution < 1.29 is 18.0 Å². The van der Waals surface area contributed by atoms with E-state index in [1.807, 2.05) is 19.2 Å². The SMILES string of the molecule is CN(c1ccc(C=O)cc1)C1CCC(S(=O)(=O)NC(=O)NC2CCCCC2)CC1. The Morgan fingerprint density at radius 1 is 1.00 bits per heavy atom. The monoisotopic (exact) mass is 421 g/mol. The Morgan fingerprint density at radius 2 is 1.62 bits per heavy atom. The van der Waals surface area contributed by atoms with Crippen LogP contribution in [-0.2, 0) is 10.0 Å². The molecule has 0 aliphatic heterocycles. The van der Waals surface area contributed by atoms with E-state index in [0.717, 1.165) is 50.5 Å². The van der Waals surface area contributed by atoms with Gasteiger partial charge in [-0.1, -0.05) is 19.3 Å². The summed E-state index contributed by atoms with van der Waals surface area (Å²) in [5.74, 6) is 0. The maximum atomic E-state index is 12.6. The smallest absolute Gasteiger partial charge is 0.328 e. The predicted molar refractivity (Wildman–Crippen MR) is 114 cm³/mol. The number of hydrogen-bond donors (Lipinski definition) is 2. The molecule has 0 bridgehead atoms. The average molecular weight is 422 g/mol. The minimum Gasteiger partial charge on any atom is -0.372 e. The number of carbonyl (C=O) groups excluding carboxylic acids is 2. The van der Waals surface area contributed by atoms with E-state index in [1.54, 1.807) is 12.1 Å². The first kappa shape index (κ1) is 21.6. The third-order valence-corrected chi connectivity index (χ3v) is 8.06. The number of hydrogen-bond acceptors (Lipinski definition) is 5. The topological polar surface area (TPSA) is 95.6 Å². The summed E-state index contributed by atoms with van der Waals surface area (Å²) in [5, 5.41) is 2.27. The van der Waals surface area contributed by atoms with E-state index in [1.165, 1.54) is 6.42 Å². The number of carbonyl (C=O) groups is 2. The van der Waals surface area contributed by atoms with Gasteiger partial charge in [-0.25, -0.2) is 17.9 Å². The number of urea groups is 1. The van der Waals surface area contributed by atoms with Crippen LogP contribution in [0.15, 0.2) is 24.3 Å². The zero-order chi connectivity index (χ0) is 20.9. The molecule has 0 aromatic heterocycles. The Kier molecular flexibility index (Phi) is 7.16. The van der Waals surface area contributed by atoms with Crippen LogP contribution in [-0.4, -0.2) is 45.1 Å². The lowest BCUT2D eigenvalue weighted by Gasteiger charge is -2.35. The zero-order valence-electron chi connectivity index (χ0n) is 17.0. The second-order valence-corrected chi connectivity index (χ2v) is 10.2. The van der Waals surface area contributed by atoms with Crippen LogP contribution < -0.4 is 14.9 Å². The Hall–Kier alpha value is -2.09. The van der Waals surface area contributed by atoms with Gasteiger partial charge in [-0.05, 0) is 62.8 Å². The predicted octanol–water partition coefficient (Wildman–Crippen LogP) is 3.21. The molecule has 2 fully saturated rings. The summed E-state index contributed by atoms with van der Waals surface area (Å²) in [7, 11) is -1.68. The molecule has 2 aliphatic rings. The van der Waals surface area contributed by atoms with Gasteiger partial charge in [-0.2, -0.15) is 0 Å². The largest absolute Gasteiger partial charge is 0.372 e. The molecular weight excluding hydrogens is 390 g/mol. The molecule has 7 nitrogen and oxygen atoms in total. The number of benzene rings is 1. The molecule has 2 saturated carbocycles. The summed E-state index contributed by atoms with van der Waals surface area (Å²) in [6.07, 6.45) is 8.50. The highest BCUT2D eigenvalue weighted by Gasteiger charge is 2.33. The molecule has 2 amide bonds. The minimum atomic E-state index is -3.68. The van der Waals surface area contributed by atoms with Crippen molar-refractivity contribution >= 4 is 28.0 Å². The number of sulfonamides is 1. The lowest BCUT2D eigenvalue weighted by molar-refractivity contribution is 0.112. The second kappa shape index (κ2) is 9.61. The molecule has 0 heterocycles. The summed E-state index contributed by atoms with van der Waals surface area (Å²) < 4.78 is 27.5. The van der Waals surface area contributed by atoms with Crippen LogP contribution in [0.5, 0.6) is 0 Å². The number of anilines is 1. The Labute approximate surface area is 173 Å². The van der Waals surface area contributed by atoms with Gasteiger partial charge in [0, 0.05) is 30.4 Å². The van der Waals surface area contributed by atoms with E-state index in [9.17, 15) is 18.0 Å². The van der Waals surface area contributed by atoms with Crippen molar-refractivity contribution in [3.05, 3.63) is 29.8 Å². The van der Waals surface area contributed by atoms with Crippen molar-refractivity contribution in [2.45, 2.75) is 75.1 Å². The number of amides is 2. The van der Waals surface area contributed by atoms with E-state index < -0.39 is 21.3 Å². The highest BCUT2D eigenvalue weighted by atomic mass is 32.2. The quantitative estimate of drug-likeness (QED) is 0.688. The maximum absolute atomic E-state index is 12.6. The van der Waals surface area contributed by atoms with Crippen molar-refractivity contribution in [1.82, 2.24) is 10.0 Å². The molecule has 2 N–H and O–H groups in total. The third-order valence-electron chi connectivity index (χ3n) is 6.24. The van der Waals surface area contributed by atoms with Gasteiger partial charge >= 0.3 is 6.03 Å². The number of aldehydes is 1. The van der Waals surface area contributed by atoms with Crippen LogP contribution in [0.4, 0.5) is 10.5 Å². The normalized spacial score (nSPS) is 23.2. The molecule has 160 valence electrons. The van der Waals surface area contributed by atoms with Gasteiger partial charge in [0.2, 0.25) is 10.0 Å². The second-order valence-electron chi connectivity index (χ2n) is 8.21. The van der Waals surface area contributed by atoms with E-state index in [2.05, 4.69) is 14.9 Å². The standard InChI is InChI=1S/C21H31N3O4S/c1-24(18-9-7-16(15-25)8-10-18)19-11-13-20(14-12-19)29(27,28)23-21(26)22-17-5-3-2-4-6-17/h7-10,15,17,19-20H,2-6,11-14H2,1H3,(H2,22,23,26). The Morgan fingerprint density at radius 3 is 2.21 bits per heavy atom. The highest BCUT2D eigenvalue weighted by molar-refractivity contribution is 7.90. The van der Waals surface area contributed by atoms with Crippen LogP contribution in [0.25, 0.3) is 0 Å². The van der Waals surface area contributed by atoms with Crippen LogP contribution in [0, 0.1) is 0 Å². The van der Waals surface area contributed by atoms with Crippen LogP contribution in [0.3, 0.4) is 0 Å². The first-order chi connectivity index (χ1) is 13.9. The maximum Gasteiger partial charge on any atom is 0.328 e. The number of rotatable bonds is 6. The minimum absolute atomic E-state index is 0.0777. The van der Waals surface area contributed by atoms with Gasteiger partial charge in [0.25, 0.3) is 0 Å². The van der Waals surface area contributed by atoms with Crippen molar-refractivity contribution in [1.29, 1.82) is 0 Å². The molecule has 29 heavy (non-hydrogen) atoms. The molecule has 0 atom stereocenters. The van der Waals surface area contributed by atoms with Crippen molar-refractivity contribution in [3.8, 4) is 0 Å². The molecule has 1 aromatic rings. The zero-order valence-corrected chi connectivity index (χ0v) is 17.8. The van der Waals surface area contributed by atoms with Gasteiger partial charge < -0.3 is 10.2 Å². The summed E-state index contributed by atoms with van der Waals surface area (Å²) in [6, 6.07) is 7.10. The van der Waals surface area contributed by atoms with Gasteiger partial charge in [-0.3, -0.25) is 4.79 Å². The lowest BCUT2D eigenvalue weighted by Crippen LogP contribution is -2.49. The summed E-state index contributed by atoms with van der Waals surface area (Å²) in [6.45, 7) is 0. The first-order valence-corrected chi connectivity index (χ1v) is 12.0. The molecular formula is C21H31N3O4S. The molecule has 1 aromatic carbocycles. The van der Waals surface area contributed by atoms with Gasteiger partial charge in [0.1, 0.15) is 6.29 Å². The van der Waals surface area contributed by atoms with Crippen LogP contribution in [0.2, 0.25) is 0 Å². The van der Waals surface area contributed by atoms with Gasteiger partial charge in [-0.15, -0.1) is 0 Å². The van der Waals surface area contributed by atoms with Crippen molar-refractivity contribution in [2.24, 2.45) is 0 Å². The fourth-order valence-electron chi connectivity index (χ4n) is 4.42. The van der Waals surface area contributed by atoms with E-state index >= 15 is 0 Å². The molecule has 8 heteroatoms. The summed E-state index contributed by atoms with van der Waals surface area (Å²) in [5.41, 5.74) is 1.64. The fourth-order valence-corrected chi connectivity index (χ4v) is 5.79. The molecule has 0 spiro atoms. The van der Waals surface area contributed by atoms with E-state index in [-0.39, 0.29) is 12.1 Å². The number of nitrogens with one attached hydrogen (secondary N) is 2. The lowest BCUT2D eigenvalue weighted by atomic mass is 9.93. The molecule has 3 rings (SSSR count). The molecule has 2 aliphatic carbocycles. The Balaban J connectivity index is 1.50. The van der Waals surface area contributed by atoms with Gasteiger partial charge in [0.15, 0.2) is 0 Å². The fraction of sp³-hybridized carbons (Fsp3) is 0.619. The molecule has 0 saturated heterocycles. The van der Waals surface area contributed by atoms with Crippen molar-refractivity contribution in [2.75, 3.05) is 11.9 Å². The summed E-state index contributed by atoms with van der Waals surface area (Å²) >= 11 is 0. The third kappa shape index (κ3) is 5.72. The molecule has 0 unspecified atom stereocenters. The first-order valence-electron chi connectivity index (χ1n) is 10.5. The van der Waals surface area contributed by atoms with Crippen LogP contribution >= 0.6 is 0 Å². The van der Waals surface area contributed by atoms with Crippen molar-refractivity contribution in [3.63, 3.8) is 0 Å². The molecule has 0 radical (unpaired) electrons. The van der Waals surface area contributed by atoms with E-state index in [0.29, 0.717) is 18.4 Å².